The number of aryl methyl sites for hydroxylation is 1. The number of carbonyl (C=O) groups excluding carboxylic acids is 2. The molecule has 174 valence electrons. The van der Waals surface area contributed by atoms with Crippen LogP contribution >= 0.6 is 0 Å². The summed E-state index contributed by atoms with van der Waals surface area (Å²) in [7, 11) is 0. The molecule has 0 fully saturated rings. The zero-order chi connectivity index (χ0) is 24.9. The minimum Gasteiger partial charge on any atom is -0.462 e. The van der Waals surface area contributed by atoms with Crippen LogP contribution in [-0.2, 0) is 9.53 Å². The molecule has 7 heteroatoms. The first-order chi connectivity index (χ1) is 16.9. The van der Waals surface area contributed by atoms with E-state index in [9.17, 15) is 14.9 Å². The summed E-state index contributed by atoms with van der Waals surface area (Å²) in [5.74, 6) is -0.650. The minimum atomic E-state index is -0.563. The SMILES string of the molecule is CCOC(=O)c1cn(-c2ccc(-c3ccccc3C#N)cc2)nc1N(C(C)=O)c1cccc(C)c1. The van der Waals surface area contributed by atoms with Gasteiger partial charge in [0.25, 0.3) is 0 Å². The van der Waals surface area contributed by atoms with Gasteiger partial charge in [-0.2, -0.15) is 5.26 Å². The first-order valence-corrected chi connectivity index (χ1v) is 11.2. The molecule has 0 saturated heterocycles. The Bertz CT molecular complexity index is 1430. The van der Waals surface area contributed by atoms with E-state index in [0.717, 1.165) is 16.7 Å². The molecule has 0 radical (unpaired) electrons. The normalized spacial score (nSPS) is 10.5. The number of nitriles is 1. The third kappa shape index (κ3) is 4.82. The van der Waals surface area contributed by atoms with E-state index in [-0.39, 0.29) is 23.9 Å². The second-order valence-electron chi connectivity index (χ2n) is 7.93. The van der Waals surface area contributed by atoms with E-state index < -0.39 is 5.97 Å². The van der Waals surface area contributed by atoms with Crippen LogP contribution in [-0.4, -0.2) is 28.3 Å². The fourth-order valence-electron chi connectivity index (χ4n) is 3.86. The quantitative estimate of drug-likeness (QED) is 0.348. The van der Waals surface area contributed by atoms with Crippen molar-refractivity contribution in [3.8, 4) is 22.9 Å². The van der Waals surface area contributed by atoms with Gasteiger partial charge in [-0.3, -0.25) is 9.69 Å². The van der Waals surface area contributed by atoms with Crippen LogP contribution in [0.4, 0.5) is 11.5 Å². The summed E-state index contributed by atoms with van der Waals surface area (Å²) in [4.78, 5) is 26.9. The maximum absolute atomic E-state index is 12.8. The van der Waals surface area contributed by atoms with Crippen LogP contribution in [0, 0.1) is 18.3 Å². The van der Waals surface area contributed by atoms with Gasteiger partial charge in [-0.15, -0.1) is 5.10 Å². The fourth-order valence-corrected chi connectivity index (χ4v) is 3.86. The van der Waals surface area contributed by atoms with Crippen LogP contribution in [0.15, 0.2) is 79.0 Å². The standard InChI is InChI=1S/C28H24N4O3/c1-4-35-28(34)26-18-31(30-27(26)32(20(3)33)24-10-7-8-19(2)16-24)23-14-12-21(13-15-23)25-11-6-5-9-22(25)17-29/h5-16,18H,4H2,1-3H3. The topological polar surface area (TPSA) is 88.2 Å². The Balaban J connectivity index is 1.79. The van der Waals surface area contributed by atoms with Crippen molar-refractivity contribution >= 4 is 23.4 Å². The number of nitrogens with zero attached hydrogens (tertiary/aromatic N) is 4. The smallest absolute Gasteiger partial charge is 0.343 e. The molecule has 0 aliphatic carbocycles. The predicted molar refractivity (Wildman–Crippen MR) is 134 cm³/mol. The Morgan fingerprint density at radius 1 is 1.06 bits per heavy atom. The van der Waals surface area contributed by atoms with Crippen LogP contribution < -0.4 is 4.90 Å². The Hall–Kier alpha value is -4.70. The summed E-state index contributed by atoms with van der Waals surface area (Å²) in [6, 6.07) is 24.5. The van der Waals surface area contributed by atoms with E-state index in [1.165, 1.54) is 11.8 Å². The molecule has 0 aliphatic rings. The highest BCUT2D eigenvalue weighted by atomic mass is 16.5. The predicted octanol–water partition coefficient (Wildman–Crippen LogP) is 5.58. The average molecular weight is 465 g/mol. The number of rotatable bonds is 6. The zero-order valence-electron chi connectivity index (χ0n) is 19.7. The number of hydrogen-bond donors (Lipinski definition) is 0. The van der Waals surface area contributed by atoms with E-state index in [0.29, 0.717) is 16.9 Å². The summed E-state index contributed by atoms with van der Waals surface area (Å²) in [5.41, 5.74) is 4.75. The van der Waals surface area contributed by atoms with Crippen LogP contribution in [0.3, 0.4) is 0 Å². The Kier molecular flexibility index (Phi) is 6.74. The van der Waals surface area contributed by atoms with Gasteiger partial charge in [0.2, 0.25) is 5.91 Å². The lowest BCUT2D eigenvalue weighted by atomic mass is 10.0. The van der Waals surface area contributed by atoms with Gasteiger partial charge in [0, 0.05) is 13.1 Å². The van der Waals surface area contributed by atoms with Crippen LogP contribution in [0.1, 0.15) is 35.3 Å². The summed E-state index contributed by atoms with van der Waals surface area (Å²) >= 11 is 0. The Morgan fingerprint density at radius 3 is 2.46 bits per heavy atom. The first kappa shape index (κ1) is 23.5. The summed E-state index contributed by atoms with van der Waals surface area (Å²) in [6.07, 6.45) is 1.57. The number of benzene rings is 3. The van der Waals surface area contributed by atoms with Crippen molar-refractivity contribution in [3.63, 3.8) is 0 Å². The number of amides is 1. The molecule has 0 aliphatic heterocycles. The lowest BCUT2D eigenvalue weighted by Gasteiger charge is -2.20. The zero-order valence-corrected chi connectivity index (χ0v) is 19.7. The number of anilines is 2. The van der Waals surface area contributed by atoms with Crippen molar-refractivity contribution in [3.05, 3.63) is 95.7 Å². The van der Waals surface area contributed by atoms with Gasteiger partial charge in [0.15, 0.2) is 5.82 Å². The fraction of sp³-hybridized carbons (Fsp3) is 0.143. The van der Waals surface area contributed by atoms with E-state index in [1.54, 1.807) is 29.9 Å². The molecular weight excluding hydrogens is 440 g/mol. The number of esters is 1. The van der Waals surface area contributed by atoms with E-state index in [2.05, 4.69) is 11.2 Å². The maximum Gasteiger partial charge on any atom is 0.343 e. The summed E-state index contributed by atoms with van der Waals surface area (Å²) < 4.78 is 6.80. The van der Waals surface area contributed by atoms with E-state index in [4.69, 9.17) is 4.74 Å². The number of carbonyl (C=O) groups is 2. The molecule has 0 bridgehead atoms. The average Bonchev–Trinajstić information content (AvgIpc) is 3.29. The van der Waals surface area contributed by atoms with Crippen molar-refractivity contribution in [1.29, 1.82) is 5.26 Å². The molecule has 1 heterocycles. The Morgan fingerprint density at radius 2 is 1.80 bits per heavy atom. The highest BCUT2D eigenvalue weighted by Crippen LogP contribution is 2.31. The molecule has 0 spiro atoms. The Labute approximate surface area is 203 Å². The van der Waals surface area contributed by atoms with Gasteiger partial charge in [-0.1, -0.05) is 42.5 Å². The van der Waals surface area contributed by atoms with Gasteiger partial charge < -0.3 is 4.74 Å². The third-order valence-electron chi connectivity index (χ3n) is 5.47. The molecule has 35 heavy (non-hydrogen) atoms. The third-order valence-corrected chi connectivity index (χ3v) is 5.47. The van der Waals surface area contributed by atoms with Crippen molar-refractivity contribution in [2.45, 2.75) is 20.8 Å². The van der Waals surface area contributed by atoms with E-state index >= 15 is 0 Å². The highest BCUT2D eigenvalue weighted by Gasteiger charge is 2.27. The highest BCUT2D eigenvalue weighted by molar-refractivity contribution is 6.05. The summed E-state index contributed by atoms with van der Waals surface area (Å²) in [5, 5.41) is 14.0. The number of ether oxygens (including phenoxy) is 1. The molecule has 3 aromatic carbocycles. The van der Waals surface area contributed by atoms with Crippen LogP contribution in [0.5, 0.6) is 0 Å². The van der Waals surface area contributed by atoms with Crippen molar-refractivity contribution in [1.82, 2.24) is 9.78 Å². The lowest BCUT2D eigenvalue weighted by Crippen LogP contribution is -2.25. The number of hydrogen-bond acceptors (Lipinski definition) is 5. The van der Waals surface area contributed by atoms with Crippen molar-refractivity contribution in [2.75, 3.05) is 11.5 Å². The maximum atomic E-state index is 12.8. The molecule has 4 rings (SSSR count). The number of aromatic nitrogens is 2. The lowest BCUT2D eigenvalue weighted by molar-refractivity contribution is -0.115. The molecule has 4 aromatic rings. The minimum absolute atomic E-state index is 0.183. The van der Waals surface area contributed by atoms with Crippen LogP contribution in [0.2, 0.25) is 0 Å². The summed E-state index contributed by atoms with van der Waals surface area (Å²) in [6.45, 7) is 5.28. The second kappa shape index (κ2) is 10.1. The molecule has 1 amide bonds. The molecule has 0 N–H and O–H groups in total. The van der Waals surface area contributed by atoms with Gasteiger partial charge in [-0.25, -0.2) is 9.48 Å². The molecule has 0 unspecified atom stereocenters. The monoisotopic (exact) mass is 464 g/mol. The van der Waals surface area contributed by atoms with Crippen molar-refractivity contribution < 1.29 is 14.3 Å². The van der Waals surface area contributed by atoms with E-state index in [1.807, 2.05) is 67.6 Å². The molecule has 0 saturated carbocycles. The molecule has 7 nitrogen and oxygen atoms in total. The second-order valence-corrected chi connectivity index (χ2v) is 7.93. The molecule has 1 aromatic heterocycles. The first-order valence-electron chi connectivity index (χ1n) is 11.2. The van der Waals surface area contributed by atoms with Gasteiger partial charge >= 0.3 is 5.97 Å². The largest absolute Gasteiger partial charge is 0.462 e. The van der Waals surface area contributed by atoms with Crippen molar-refractivity contribution in [2.24, 2.45) is 0 Å². The van der Waals surface area contributed by atoms with Gasteiger partial charge in [0.1, 0.15) is 5.56 Å². The molecular formula is C28H24N4O3. The van der Waals surface area contributed by atoms with Gasteiger partial charge in [0.05, 0.1) is 29.6 Å². The van der Waals surface area contributed by atoms with Gasteiger partial charge in [-0.05, 0) is 60.9 Å². The van der Waals surface area contributed by atoms with Crippen LogP contribution in [0.25, 0.3) is 16.8 Å². The molecule has 0 atom stereocenters.